The first kappa shape index (κ1) is 7.91. The molecule has 0 saturated carbocycles. The zero-order chi connectivity index (χ0) is 9.42. The Morgan fingerprint density at radius 3 is 3.00 bits per heavy atom. The van der Waals surface area contributed by atoms with Crippen LogP contribution in [0, 0.1) is 5.82 Å². The molecule has 0 unspecified atom stereocenters. The van der Waals surface area contributed by atoms with Gasteiger partial charge >= 0.3 is 0 Å². The van der Waals surface area contributed by atoms with Gasteiger partial charge < -0.3 is 0 Å². The summed E-state index contributed by atoms with van der Waals surface area (Å²) in [6.45, 7) is 0. The first-order valence-electron chi connectivity index (χ1n) is 3.80. The van der Waals surface area contributed by atoms with E-state index < -0.39 is 0 Å². The van der Waals surface area contributed by atoms with Crippen LogP contribution in [0.15, 0.2) is 29.2 Å². The second-order valence-electron chi connectivity index (χ2n) is 2.79. The van der Waals surface area contributed by atoms with Crippen LogP contribution in [0.4, 0.5) is 4.39 Å². The van der Waals surface area contributed by atoms with Crippen LogP contribution in [0.1, 0.15) is 0 Å². The smallest absolute Gasteiger partial charge is 0.207 e. The Morgan fingerprint density at radius 2 is 2.23 bits per heavy atom. The number of nitrogens with zero attached hydrogens (tertiary/aromatic N) is 2. The standard InChI is InChI=1S/C9H7FN2O/c1-12-8-4-6(10)2-3-7(8)9(13)5-11-12/h2-5H,1H3. The lowest BCUT2D eigenvalue weighted by molar-refractivity contribution is 0.627. The van der Waals surface area contributed by atoms with Crippen LogP contribution in [-0.4, -0.2) is 9.78 Å². The van der Waals surface area contributed by atoms with Crippen LogP contribution in [0.5, 0.6) is 0 Å². The molecular weight excluding hydrogens is 171 g/mol. The highest BCUT2D eigenvalue weighted by Gasteiger charge is 2.01. The molecule has 2 aromatic rings. The number of rotatable bonds is 0. The number of benzene rings is 1. The molecule has 0 radical (unpaired) electrons. The fourth-order valence-electron chi connectivity index (χ4n) is 1.25. The molecule has 0 spiro atoms. The van der Waals surface area contributed by atoms with Crippen molar-refractivity contribution in [3.8, 4) is 0 Å². The Balaban J connectivity index is 3.01. The molecule has 0 fully saturated rings. The van der Waals surface area contributed by atoms with Crippen LogP contribution >= 0.6 is 0 Å². The quantitative estimate of drug-likeness (QED) is 0.604. The Labute approximate surface area is 73.4 Å². The molecule has 1 heterocycles. The maximum atomic E-state index is 12.8. The van der Waals surface area contributed by atoms with Gasteiger partial charge in [-0.05, 0) is 18.2 Å². The number of aromatic nitrogens is 2. The van der Waals surface area contributed by atoms with E-state index in [-0.39, 0.29) is 11.2 Å². The molecule has 0 amide bonds. The Morgan fingerprint density at radius 1 is 1.46 bits per heavy atom. The summed E-state index contributed by atoms with van der Waals surface area (Å²) < 4.78 is 14.3. The Bertz CT molecular complexity index is 518. The second-order valence-corrected chi connectivity index (χ2v) is 2.79. The number of hydrogen-bond donors (Lipinski definition) is 0. The molecule has 0 aliphatic rings. The van der Waals surface area contributed by atoms with Crippen molar-refractivity contribution in [2.45, 2.75) is 0 Å². The highest BCUT2D eigenvalue weighted by molar-refractivity contribution is 5.77. The third-order valence-corrected chi connectivity index (χ3v) is 1.92. The zero-order valence-electron chi connectivity index (χ0n) is 6.99. The van der Waals surface area contributed by atoms with Gasteiger partial charge in [0, 0.05) is 12.4 Å². The lowest BCUT2D eigenvalue weighted by Gasteiger charge is -2.01. The third-order valence-electron chi connectivity index (χ3n) is 1.92. The first-order valence-corrected chi connectivity index (χ1v) is 3.80. The summed E-state index contributed by atoms with van der Waals surface area (Å²) in [4.78, 5) is 11.2. The molecular formula is C9H7FN2O. The molecule has 0 atom stereocenters. The highest BCUT2D eigenvalue weighted by Crippen LogP contribution is 2.09. The molecule has 1 aromatic heterocycles. The summed E-state index contributed by atoms with van der Waals surface area (Å²) in [6.07, 6.45) is 1.22. The normalized spacial score (nSPS) is 10.6. The minimum Gasteiger partial charge on any atom is -0.287 e. The van der Waals surface area contributed by atoms with Gasteiger partial charge in [-0.2, -0.15) is 5.10 Å². The highest BCUT2D eigenvalue weighted by atomic mass is 19.1. The number of hydrogen-bond acceptors (Lipinski definition) is 2. The average molecular weight is 178 g/mol. The minimum atomic E-state index is -0.365. The summed E-state index contributed by atoms with van der Waals surface area (Å²) in [6, 6.07) is 4.03. The van der Waals surface area contributed by atoms with Gasteiger partial charge in [0.1, 0.15) is 5.82 Å². The largest absolute Gasteiger partial charge is 0.287 e. The van der Waals surface area contributed by atoms with Crippen LogP contribution in [0.25, 0.3) is 10.9 Å². The second kappa shape index (κ2) is 2.65. The van der Waals surface area contributed by atoms with E-state index in [1.807, 2.05) is 0 Å². The molecule has 1 aromatic carbocycles. The van der Waals surface area contributed by atoms with E-state index in [0.29, 0.717) is 10.9 Å². The molecule has 0 aliphatic carbocycles. The fourth-order valence-corrected chi connectivity index (χ4v) is 1.25. The van der Waals surface area contributed by atoms with Crippen LogP contribution in [0.2, 0.25) is 0 Å². The van der Waals surface area contributed by atoms with Crippen molar-refractivity contribution in [3.63, 3.8) is 0 Å². The first-order chi connectivity index (χ1) is 6.18. The topological polar surface area (TPSA) is 34.9 Å². The molecule has 0 N–H and O–H groups in total. The Hall–Kier alpha value is -1.71. The van der Waals surface area contributed by atoms with Gasteiger partial charge in [0.15, 0.2) is 0 Å². The molecule has 3 nitrogen and oxygen atoms in total. The van der Waals surface area contributed by atoms with E-state index in [2.05, 4.69) is 5.10 Å². The molecule has 0 aliphatic heterocycles. The molecule has 0 bridgehead atoms. The molecule has 2 rings (SSSR count). The van der Waals surface area contributed by atoms with Gasteiger partial charge in [-0.3, -0.25) is 9.48 Å². The van der Waals surface area contributed by atoms with Gasteiger partial charge in [0.2, 0.25) is 5.43 Å². The van der Waals surface area contributed by atoms with Gasteiger partial charge in [0.05, 0.1) is 11.7 Å². The summed E-state index contributed by atoms with van der Waals surface area (Å²) in [5.41, 5.74) is 0.320. The van der Waals surface area contributed by atoms with Crippen molar-refractivity contribution in [2.75, 3.05) is 0 Å². The summed E-state index contributed by atoms with van der Waals surface area (Å²) in [5.74, 6) is -0.365. The molecule has 66 valence electrons. The van der Waals surface area contributed by atoms with Gasteiger partial charge in [-0.25, -0.2) is 4.39 Å². The van der Waals surface area contributed by atoms with E-state index in [4.69, 9.17) is 0 Å². The fraction of sp³-hybridized carbons (Fsp3) is 0.111. The number of fused-ring (bicyclic) bond motifs is 1. The average Bonchev–Trinajstić information content (AvgIpc) is 2.12. The molecule has 4 heteroatoms. The predicted molar refractivity (Wildman–Crippen MR) is 46.9 cm³/mol. The summed E-state index contributed by atoms with van der Waals surface area (Å²) in [7, 11) is 1.67. The molecule has 13 heavy (non-hydrogen) atoms. The van der Waals surface area contributed by atoms with Crippen molar-refractivity contribution in [1.29, 1.82) is 0 Å². The monoisotopic (exact) mass is 178 g/mol. The number of halogens is 1. The van der Waals surface area contributed by atoms with Crippen molar-refractivity contribution in [2.24, 2.45) is 7.05 Å². The van der Waals surface area contributed by atoms with Gasteiger partial charge in [-0.15, -0.1) is 0 Å². The van der Waals surface area contributed by atoms with Crippen molar-refractivity contribution < 1.29 is 4.39 Å². The minimum absolute atomic E-state index is 0.187. The van der Waals surface area contributed by atoms with Crippen LogP contribution in [-0.2, 0) is 7.05 Å². The maximum absolute atomic E-state index is 12.8. The predicted octanol–water partition coefficient (Wildman–Crippen LogP) is 1.07. The van der Waals surface area contributed by atoms with Crippen molar-refractivity contribution in [3.05, 3.63) is 40.4 Å². The number of aryl methyl sites for hydroxylation is 1. The van der Waals surface area contributed by atoms with Crippen molar-refractivity contribution >= 4 is 10.9 Å². The van der Waals surface area contributed by atoms with E-state index in [9.17, 15) is 9.18 Å². The third kappa shape index (κ3) is 1.20. The van der Waals surface area contributed by atoms with Crippen LogP contribution < -0.4 is 5.43 Å². The van der Waals surface area contributed by atoms with E-state index in [0.717, 1.165) is 0 Å². The lowest BCUT2D eigenvalue weighted by Crippen LogP contribution is -2.09. The van der Waals surface area contributed by atoms with Crippen molar-refractivity contribution in [1.82, 2.24) is 9.78 Å². The maximum Gasteiger partial charge on any atom is 0.207 e. The van der Waals surface area contributed by atoms with Gasteiger partial charge in [0.25, 0.3) is 0 Å². The van der Waals surface area contributed by atoms with E-state index in [1.165, 1.54) is 29.1 Å². The Kier molecular flexibility index (Phi) is 1.62. The van der Waals surface area contributed by atoms with Crippen LogP contribution in [0.3, 0.4) is 0 Å². The molecule has 0 saturated heterocycles. The zero-order valence-corrected chi connectivity index (χ0v) is 6.99. The lowest BCUT2D eigenvalue weighted by atomic mass is 10.2. The van der Waals surface area contributed by atoms with Gasteiger partial charge in [-0.1, -0.05) is 0 Å². The summed E-state index contributed by atoms with van der Waals surface area (Å²) >= 11 is 0. The van der Waals surface area contributed by atoms with E-state index >= 15 is 0 Å². The SMILES string of the molecule is Cn1ncc(=O)c2ccc(F)cc21. The summed E-state index contributed by atoms with van der Waals surface area (Å²) in [5, 5.41) is 4.27. The van der Waals surface area contributed by atoms with E-state index in [1.54, 1.807) is 7.05 Å².